The standard InChI is InChI=1S/C24H24F3N3O12S/c1-30(2)15-9-5-7-4-8-6-10(42-43(39,40)24(25,26)27)14(29-22(37)41-3)17(32)11(8)16(31)12(7)19(34)23(9,38)20(35)13(18(15)33)21(28)36/h6-7,9,15,32-34,38H,4-5H2,1-3H3,(H2,28,36)(H,29,37). The molecule has 7 N–H and O–H groups in total. The first-order chi connectivity index (χ1) is 19.7. The number of benzene rings is 1. The van der Waals surface area contributed by atoms with Gasteiger partial charge in [0.1, 0.15) is 22.8 Å². The summed E-state index contributed by atoms with van der Waals surface area (Å²) < 4.78 is 71.3. The number of nitrogens with one attached hydrogen (secondary N) is 1. The number of likely N-dealkylation sites (N-methyl/N-ethyl adjacent to an activating group) is 1. The van der Waals surface area contributed by atoms with E-state index < -0.39 is 115 Å². The molecule has 1 aromatic carbocycles. The molecule has 19 heteroatoms. The van der Waals surface area contributed by atoms with Crippen LogP contribution in [0.25, 0.3) is 0 Å². The number of Topliss-reactive ketones (excluding diaryl/α,β-unsaturated/α-hetero) is 2. The Morgan fingerprint density at radius 1 is 1.19 bits per heavy atom. The molecule has 0 heterocycles. The van der Waals surface area contributed by atoms with Crippen LogP contribution in [0.3, 0.4) is 0 Å². The number of phenols is 1. The van der Waals surface area contributed by atoms with E-state index in [4.69, 9.17) is 5.73 Å². The lowest BCUT2D eigenvalue weighted by Crippen LogP contribution is -2.63. The lowest BCUT2D eigenvalue weighted by atomic mass is 9.58. The van der Waals surface area contributed by atoms with Gasteiger partial charge in [-0.15, -0.1) is 0 Å². The fourth-order valence-corrected chi connectivity index (χ4v) is 6.25. The number of halogens is 3. The number of allylic oxidation sites excluding steroid dienone is 1. The van der Waals surface area contributed by atoms with Crippen molar-refractivity contribution in [1.29, 1.82) is 0 Å². The van der Waals surface area contributed by atoms with E-state index in [0.717, 1.165) is 7.11 Å². The Morgan fingerprint density at radius 3 is 2.30 bits per heavy atom. The van der Waals surface area contributed by atoms with Crippen LogP contribution in [0.15, 0.2) is 28.7 Å². The second-order valence-electron chi connectivity index (χ2n) is 10.2. The number of alkyl halides is 3. The number of aliphatic hydroxyl groups excluding tert-OH is 2. The maximum absolute atomic E-state index is 13.7. The minimum absolute atomic E-state index is 0.293. The molecule has 3 aliphatic carbocycles. The van der Waals surface area contributed by atoms with Crippen LogP contribution in [-0.2, 0) is 30.9 Å². The first-order valence-corrected chi connectivity index (χ1v) is 13.5. The van der Waals surface area contributed by atoms with Gasteiger partial charge >= 0.3 is 21.7 Å². The number of methoxy groups -OCH3 is 1. The summed E-state index contributed by atoms with van der Waals surface area (Å²) in [6, 6.07) is -0.657. The Labute approximate surface area is 240 Å². The largest absolute Gasteiger partial charge is 0.534 e. The third-order valence-electron chi connectivity index (χ3n) is 7.57. The number of ether oxygens (including phenoxy) is 1. The molecular formula is C24H24F3N3O12S. The smallest absolute Gasteiger partial charge is 0.510 e. The molecule has 0 saturated heterocycles. The molecule has 0 bridgehead atoms. The Hall–Kier alpha value is -4.36. The lowest BCUT2D eigenvalue weighted by Gasteiger charge is -2.50. The number of nitrogens with zero attached hydrogens (tertiary/aromatic N) is 1. The average Bonchev–Trinajstić information content (AvgIpc) is 2.86. The van der Waals surface area contributed by atoms with E-state index in [0.29, 0.717) is 6.07 Å². The number of nitrogens with two attached hydrogens (primary N) is 1. The molecule has 0 aromatic heterocycles. The van der Waals surface area contributed by atoms with Crippen LogP contribution >= 0.6 is 0 Å². The first-order valence-electron chi connectivity index (χ1n) is 12.1. The van der Waals surface area contributed by atoms with Crippen molar-refractivity contribution in [3.05, 3.63) is 39.9 Å². The molecule has 0 radical (unpaired) electrons. The molecule has 4 unspecified atom stereocenters. The lowest BCUT2D eigenvalue weighted by molar-refractivity contribution is -0.148. The van der Waals surface area contributed by atoms with Gasteiger partial charge in [-0.3, -0.25) is 24.6 Å². The van der Waals surface area contributed by atoms with Crippen LogP contribution in [0.4, 0.5) is 23.7 Å². The number of hydrogen-bond donors (Lipinski definition) is 6. The highest BCUT2D eigenvalue weighted by molar-refractivity contribution is 7.88. The van der Waals surface area contributed by atoms with E-state index in [2.05, 4.69) is 8.92 Å². The number of rotatable bonds is 5. The quantitative estimate of drug-likeness (QED) is 0.112. The molecule has 1 aromatic rings. The third kappa shape index (κ3) is 4.63. The van der Waals surface area contributed by atoms with E-state index in [-0.39, 0.29) is 12.0 Å². The summed E-state index contributed by atoms with van der Waals surface area (Å²) >= 11 is 0. The highest BCUT2D eigenvalue weighted by Gasteiger charge is 2.63. The molecule has 0 aliphatic heterocycles. The van der Waals surface area contributed by atoms with Gasteiger partial charge in [0, 0.05) is 11.5 Å². The molecule has 15 nitrogen and oxygen atoms in total. The van der Waals surface area contributed by atoms with Crippen molar-refractivity contribution in [1.82, 2.24) is 4.90 Å². The van der Waals surface area contributed by atoms with Gasteiger partial charge in [-0.1, -0.05) is 0 Å². The van der Waals surface area contributed by atoms with Gasteiger partial charge in [0.2, 0.25) is 5.78 Å². The van der Waals surface area contributed by atoms with Crippen LogP contribution in [0.5, 0.6) is 11.5 Å². The van der Waals surface area contributed by atoms with Crippen LogP contribution in [0.2, 0.25) is 0 Å². The van der Waals surface area contributed by atoms with Crippen molar-refractivity contribution in [2.75, 3.05) is 26.5 Å². The van der Waals surface area contributed by atoms with Crippen molar-refractivity contribution in [3.8, 4) is 11.5 Å². The predicted octanol–water partition coefficient (Wildman–Crippen LogP) is 0.527. The number of aliphatic hydroxyl groups is 3. The second-order valence-corrected chi connectivity index (χ2v) is 11.7. The minimum Gasteiger partial charge on any atom is -0.510 e. The van der Waals surface area contributed by atoms with Crippen molar-refractivity contribution in [2.24, 2.45) is 17.6 Å². The molecule has 0 spiro atoms. The number of carbonyl (C=O) groups excluding carboxylic acids is 4. The maximum Gasteiger partial charge on any atom is 0.534 e. The molecule has 2 amide bonds. The van der Waals surface area contributed by atoms with Crippen molar-refractivity contribution < 1.29 is 70.1 Å². The molecule has 4 atom stereocenters. The van der Waals surface area contributed by atoms with E-state index >= 15 is 0 Å². The fraction of sp³-hybridized carbons (Fsp3) is 0.417. The van der Waals surface area contributed by atoms with E-state index in [1.807, 2.05) is 0 Å². The number of amides is 2. The molecule has 0 saturated carbocycles. The first kappa shape index (κ1) is 31.6. The van der Waals surface area contributed by atoms with Gasteiger partial charge in [0.25, 0.3) is 5.91 Å². The van der Waals surface area contributed by atoms with Crippen molar-refractivity contribution in [3.63, 3.8) is 0 Å². The predicted molar refractivity (Wildman–Crippen MR) is 135 cm³/mol. The summed E-state index contributed by atoms with van der Waals surface area (Å²) in [7, 11) is -2.71. The monoisotopic (exact) mass is 635 g/mol. The number of anilines is 1. The zero-order valence-corrected chi connectivity index (χ0v) is 23.2. The molecule has 43 heavy (non-hydrogen) atoms. The SMILES string of the molecule is COC(=O)Nc1c(OS(=O)(=O)C(F)(F)F)cc2c(c1O)C(=O)C1=C(O)C3(O)C(=O)C(C(N)=O)=C(O)C(N(C)C)C3CC1C2. The normalized spacial score (nSPS) is 25.6. The van der Waals surface area contributed by atoms with E-state index in [1.165, 1.54) is 19.0 Å². The molecule has 234 valence electrons. The van der Waals surface area contributed by atoms with Gasteiger partial charge in [0.15, 0.2) is 22.9 Å². The van der Waals surface area contributed by atoms with Crippen molar-refractivity contribution in [2.45, 2.75) is 30.0 Å². The Balaban J connectivity index is 1.96. The van der Waals surface area contributed by atoms with Crippen LogP contribution < -0.4 is 15.2 Å². The van der Waals surface area contributed by atoms with Gasteiger partial charge in [-0.05, 0) is 44.5 Å². The average molecular weight is 636 g/mol. The van der Waals surface area contributed by atoms with Gasteiger partial charge in [0.05, 0.1) is 18.7 Å². The van der Waals surface area contributed by atoms with E-state index in [1.54, 1.807) is 5.32 Å². The van der Waals surface area contributed by atoms with Crippen LogP contribution in [0, 0.1) is 11.8 Å². The highest BCUT2D eigenvalue weighted by atomic mass is 32.2. The zero-order chi connectivity index (χ0) is 32.6. The maximum atomic E-state index is 13.7. The summed E-state index contributed by atoms with van der Waals surface area (Å²) in [5.74, 6) is -11.3. The number of phenolic OH excluding ortho intramolecular Hbond substituents is 1. The van der Waals surface area contributed by atoms with Crippen LogP contribution in [0.1, 0.15) is 22.3 Å². The molecule has 4 rings (SSSR count). The molecule has 3 aliphatic rings. The summed E-state index contributed by atoms with van der Waals surface area (Å²) in [6.45, 7) is 0. The molecular weight excluding hydrogens is 611 g/mol. The number of carbonyl (C=O) groups is 4. The summed E-state index contributed by atoms with van der Waals surface area (Å²) in [5.41, 5.74) is -7.44. The van der Waals surface area contributed by atoms with Gasteiger partial charge in [-0.2, -0.15) is 21.6 Å². The summed E-state index contributed by atoms with van der Waals surface area (Å²) in [5, 5.41) is 46.3. The summed E-state index contributed by atoms with van der Waals surface area (Å²) in [4.78, 5) is 52.2. The fourth-order valence-electron chi connectivity index (χ4n) is 5.78. The Morgan fingerprint density at radius 2 is 1.79 bits per heavy atom. The number of primary amides is 1. The van der Waals surface area contributed by atoms with Gasteiger partial charge in [-0.25, -0.2) is 4.79 Å². The zero-order valence-electron chi connectivity index (χ0n) is 22.3. The van der Waals surface area contributed by atoms with Gasteiger partial charge < -0.3 is 35.1 Å². The number of ketones is 2. The topological polar surface area (TPSA) is 243 Å². The highest BCUT2D eigenvalue weighted by Crippen LogP contribution is 2.54. The molecule has 0 fully saturated rings. The number of hydrogen-bond acceptors (Lipinski definition) is 13. The second kappa shape index (κ2) is 10.1. The van der Waals surface area contributed by atoms with E-state index in [9.17, 15) is 61.2 Å². The Kier molecular flexibility index (Phi) is 7.44. The third-order valence-corrected chi connectivity index (χ3v) is 8.54. The number of aromatic hydroxyl groups is 1. The number of fused-ring (bicyclic) bond motifs is 3. The van der Waals surface area contributed by atoms with Crippen LogP contribution in [-0.4, -0.2) is 95.7 Å². The summed E-state index contributed by atoms with van der Waals surface area (Å²) in [6.07, 6.45) is -2.19. The Bertz CT molecular complexity index is 1650. The minimum atomic E-state index is -6.35. The van der Waals surface area contributed by atoms with Crippen molar-refractivity contribution >= 4 is 39.4 Å².